The van der Waals surface area contributed by atoms with Crippen LogP contribution in [0.5, 0.6) is 0 Å². The molecule has 0 spiro atoms. The van der Waals surface area contributed by atoms with Crippen molar-refractivity contribution in [1.29, 1.82) is 0 Å². The second-order valence-corrected chi connectivity index (χ2v) is 6.85. The van der Waals surface area contributed by atoms with E-state index in [1.165, 1.54) is 5.56 Å². The van der Waals surface area contributed by atoms with Crippen molar-refractivity contribution in [2.45, 2.75) is 44.9 Å². The summed E-state index contributed by atoms with van der Waals surface area (Å²) >= 11 is 0. The number of carbonyl (C=O) groups is 2. The first-order valence-corrected chi connectivity index (χ1v) is 8.49. The summed E-state index contributed by atoms with van der Waals surface area (Å²) in [5.74, 6) is -0.246. The molecular weight excluding hydrogens is 290 g/mol. The maximum Gasteiger partial charge on any atom is 0.308 e. The van der Waals surface area contributed by atoms with Crippen LogP contribution in [-0.2, 0) is 9.59 Å². The smallest absolute Gasteiger partial charge is 0.308 e. The standard InChI is InChI=1S/C19H27NO3/c1-14(19(22)23)13-20(2)18(21)12-15-8-10-17(11-9-15)16-6-4-3-5-7-16/h3-7,14-15,17H,8-13H2,1-2H3,(H,22,23). The Morgan fingerprint density at radius 1 is 1.17 bits per heavy atom. The predicted octanol–water partition coefficient (Wildman–Crippen LogP) is 3.53. The first-order valence-electron chi connectivity index (χ1n) is 8.49. The van der Waals surface area contributed by atoms with E-state index in [0.717, 1.165) is 25.7 Å². The minimum absolute atomic E-state index is 0.0706. The highest BCUT2D eigenvalue weighted by Gasteiger charge is 2.25. The van der Waals surface area contributed by atoms with Gasteiger partial charge in [0.05, 0.1) is 5.92 Å². The van der Waals surface area contributed by atoms with Crippen LogP contribution < -0.4 is 0 Å². The fraction of sp³-hybridized carbons (Fsp3) is 0.579. The molecule has 1 saturated carbocycles. The SMILES string of the molecule is CC(CN(C)C(=O)CC1CCC(c2ccccc2)CC1)C(=O)O. The third-order valence-corrected chi connectivity index (χ3v) is 4.98. The average molecular weight is 317 g/mol. The maximum atomic E-state index is 12.3. The van der Waals surface area contributed by atoms with Gasteiger partial charge in [-0.15, -0.1) is 0 Å². The van der Waals surface area contributed by atoms with Gasteiger partial charge < -0.3 is 10.0 Å². The van der Waals surface area contributed by atoms with Gasteiger partial charge in [-0.25, -0.2) is 0 Å². The molecule has 0 aliphatic heterocycles. The minimum Gasteiger partial charge on any atom is -0.481 e. The van der Waals surface area contributed by atoms with Gasteiger partial charge in [-0.3, -0.25) is 9.59 Å². The lowest BCUT2D eigenvalue weighted by atomic mass is 9.77. The van der Waals surface area contributed by atoms with E-state index in [0.29, 0.717) is 18.3 Å². The summed E-state index contributed by atoms with van der Waals surface area (Å²) in [7, 11) is 1.71. The summed E-state index contributed by atoms with van der Waals surface area (Å²) in [4.78, 5) is 24.7. The Kier molecular flexibility index (Phi) is 6.20. The maximum absolute atomic E-state index is 12.3. The number of rotatable bonds is 6. The molecule has 1 aliphatic carbocycles. The molecule has 1 aromatic rings. The quantitative estimate of drug-likeness (QED) is 0.873. The average Bonchev–Trinajstić information content (AvgIpc) is 2.56. The molecule has 23 heavy (non-hydrogen) atoms. The van der Waals surface area contributed by atoms with E-state index in [2.05, 4.69) is 24.3 Å². The highest BCUT2D eigenvalue weighted by molar-refractivity contribution is 5.77. The number of benzene rings is 1. The highest BCUT2D eigenvalue weighted by Crippen LogP contribution is 2.37. The summed E-state index contributed by atoms with van der Waals surface area (Å²) in [6, 6.07) is 10.6. The number of aliphatic carboxylic acids is 1. The molecule has 126 valence electrons. The number of amides is 1. The van der Waals surface area contributed by atoms with Gasteiger partial charge in [0.2, 0.25) is 5.91 Å². The van der Waals surface area contributed by atoms with Gasteiger partial charge in [-0.2, -0.15) is 0 Å². The molecule has 1 aromatic carbocycles. The van der Waals surface area contributed by atoms with Gasteiger partial charge in [0, 0.05) is 20.0 Å². The lowest BCUT2D eigenvalue weighted by Crippen LogP contribution is -2.35. The minimum atomic E-state index is -0.854. The van der Waals surface area contributed by atoms with Gasteiger partial charge in [-0.05, 0) is 43.1 Å². The molecule has 1 aliphatic rings. The topological polar surface area (TPSA) is 57.6 Å². The van der Waals surface area contributed by atoms with E-state index in [4.69, 9.17) is 5.11 Å². The number of hydrogen-bond donors (Lipinski definition) is 1. The molecule has 4 heteroatoms. The van der Waals surface area contributed by atoms with E-state index in [9.17, 15) is 9.59 Å². The van der Waals surface area contributed by atoms with Crippen molar-refractivity contribution in [2.75, 3.05) is 13.6 Å². The number of carboxylic acid groups (broad SMARTS) is 1. The molecule has 1 N–H and O–H groups in total. The number of hydrogen-bond acceptors (Lipinski definition) is 2. The molecule has 0 radical (unpaired) electrons. The largest absolute Gasteiger partial charge is 0.481 e. The van der Waals surface area contributed by atoms with Crippen molar-refractivity contribution in [2.24, 2.45) is 11.8 Å². The van der Waals surface area contributed by atoms with E-state index >= 15 is 0 Å². The lowest BCUT2D eigenvalue weighted by Gasteiger charge is -2.30. The zero-order chi connectivity index (χ0) is 16.8. The lowest BCUT2D eigenvalue weighted by molar-refractivity contribution is -0.142. The summed E-state index contributed by atoms with van der Waals surface area (Å²) in [6.07, 6.45) is 4.97. The Labute approximate surface area is 138 Å². The number of carboxylic acids is 1. The molecule has 0 saturated heterocycles. The second-order valence-electron chi connectivity index (χ2n) is 6.85. The van der Waals surface area contributed by atoms with Crippen LogP contribution in [-0.4, -0.2) is 35.5 Å². The molecule has 4 nitrogen and oxygen atoms in total. The van der Waals surface area contributed by atoms with Crippen molar-refractivity contribution >= 4 is 11.9 Å². The van der Waals surface area contributed by atoms with E-state index < -0.39 is 11.9 Å². The monoisotopic (exact) mass is 317 g/mol. The molecule has 0 heterocycles. The summed E-state index contributed by atoms with van der Waals surface area (Å²) in [6.45, 7) is 1.92. The summed E-state index contributed by atoms with van der Waals surface area (Å²) < 4.78 is 0. The molecule has 1 fully saturated rings. The van der Waals surface area contributed by atoms with Gasteiger partial charge in [0.15, 0.2) is 0 Å². The van der Waals surface area contributed by atoms with Crippen molar-refractivity contribution in [3.63, 3.8) is 0 Å². The van der Waals surface area contributed by atoms with E-state index in [1.54, 1.807) is 18.9 Å². The third kappa shape index (κ3) is 5.08. The predicted molar refractivity (Wildman–Crippen MR) is 90.2 cm³/mol. The van der Waals surface area contributed by atoms with Crippen LogP contribution in [0.2, 0.25) is 0 Å². The Hall–Kier alpha value is -1.84. The van der Waals surface area contributed by atoms with E-state index in [1.807, 2.05) is 6.07 Å². The molecular formula is C19H27NO3. The molecule has 1 atom stereocenters. The fourth-order valence-corrected chi connectivity index (χ4v) is 3.42. The van der Waals surface area contributed by atoms with E-state index in [-0.39, 0.29) is 12.5 Å². The van der Waals surface area contributed by atoms with Crippen LogP contribution in [0.1, 0.15) is 50.5 Å². The zero-order valence-corrected chi connectivity index (χ0v) is 14.1. The van der Waals surface area contributed by atoms with Crippen LogP contribution in [0, 0.1) is 11.8 Å². The molecule has 0 bridgehead atoms. The first-order chi connectivity index (χ1) is 11.0. The molecule has 1 unspecified atom stereocenters. The number of nitrogens with zero attached hydrogens (tertiary/aromatic N) is 1. The van der Waals surface area contributed by atoms with Crippen molar-refractivity contribution in [3.05, 3.63) is 35.9 Å². The zero-order valence-electron chi connectivity index (χ0n) is 14.1. The molecule has 1 amide bonds. The van der Waals surface area contributed by atoms with Gasteiger partial charge in [0.1, 0.15) is 0 Å². The normalized spacial score (nSPS) is 22.3. The summed E-state index contributed by atoms with van der Waals surface area (Å²) in [5.41, 5.74) is 1.41. The van der Waals surface area contributed by atoms with Crippen molar-refractivity contribution < 1.29 is 14.7 Å². The first kappa shape index (κ1) is 17.5. The number of carbonyl (C=O) groups excluding carboxylic acids is 1. The van der Waals surface area contributed by atoms with Crippen LogP contribution in [0.25, 0.3) is 0 Å². The fourth-order valence-electron chi connectivity index (χ4n) is 3.42. The Balaban J connectivity index is 1.77. The van der Waals surface area contributed by atoms with Crippen LogP contribution in [0.15, 0.2) is 30.3 Å². The van der Waals surface area contributed by atoms with Crippen molar-refractivity contribution in [3.8, 4) is 0 Å². The molecule has 2 rings (SSSR count). The Morgan fingerprint density at radius 2 is 1.78 bits per heavy atom. The van der Waals surface area contributed by atoms with Crippen LogP contribution >= 0.6 is 0 Å². The third-order valence-electron chi connectivity index (χ3n) is 4.98. The highest BCUT2D eigenvalue weighted by atomic mass is 16.4. The summed E-state index contributed by atoms with van der Waals surface area (Å²) in [5, 5.41) is 8.93. The van der Waals surface area contributed by atoms with Crippen LogP contribution in [0.3, 0.4) is 0 Å². The van der Waals surface area contributed by atoms with Gasteiger partial charge >= 0.3 is 5.97 Å². The Bertz CT molecular complexity index is 521. The Morgan fingerprint density at radius 3 is 2.35 bits per heavy atom. The van der Waals surface area contributed by atoms with Crippen LogP contribution in [0.4, 0.5) is 0 Å². The van der Waals surface area contributed by atoms with Gasteiger partial charge in [-0.1, -0.05) is 37.3 Å². The van der Waals surface area contributed by atoms with Gasteiger partial charge in [0.25, 0.3) is 0 Å². The molecule has 0 aromatic heterocycles. The second kappa shape index (κ2) is 8.14. The van der Waals surface area contributed by atoms with Crippen molar-refractivity contribution in [1.82, 2.24) is 4.90 Å².